The van der Waals surface area contributed by atoms with Crippen molar-refractivity contribution in [2.75, 3.05) is 6.54 Å². The van der Waals surface area contributed by atoms with E-state index in [4.69, 9.17) is 11.5 Å². The van der Waals surface area contributed by atoms with Gasteiger partial charge < -0.3 is 11.5 Å². The van der Waals surface area contributed by atoms with Crippen molar-refractivity contribution < 1.29 is 4.39 Å². The van der Waals surface area contributed by atoms with Crippen LogP contribution >= 0.6 is 12.4 Å². The molecule has 0 heterocycles. The van der Waals surface area contributed by atoms with E-state index in [9.17, 15) is 4.39 Å². The van der Waals surface area contributed by atoms with E-state index in [0.717, 1.165) is 0 Å². The van der Waals surface area contributed by atoms with Crippen LogP contribution in [-0.4, -0.2) is 6.54 Å². The number of halogens is 2. The van der Waals surface area contributed by atoms with Crippen molar-refractivity contribution in [2.24, 2.45) is 11.5 Å². The summed E-state index contributed by atoms with van der Waals surface area (Å²) in [5.41, 5.74) is 11.5. The van der Waals surface area contributed by atoms with Gasteiger partial charge in [-0.25, -0.2) is 4.39 Å². The number of nitrogens with two attached hydrogens (primary N) is 2. The first-order valence-electron chi connectivity index (χ1n) is 3.95. The first-order valence-corrected chi connectivity index (χ1v) is 3.95. The number of benzene rings is 1. The first kappa shape index (κ1) is 12.4. The molecule has 74 valence electrons. The van der Waals surface area contributed by atoms with Crippen LogP contribution in [0.5, 0.6) is 0 Å². The summed E-state index contributed by atoms with van der Waals surface area (Å²) < 4.78 is 13.0. The van der Waals surface area contributed by atoms with Crippen molar-refractivity contribution in [1.82, 2.24) is 0 Å². The quantitative estimate of drug-likeness (QED) is 0.786. The third-order valence-corrected chi connectivity index (χ3v) is 1.78. The van der Waals surface area contributed by atoms with Gasteiger partial charge in [-0.05, 0) is 19.0 Å². The average molecular weight is 205 g/mol. The maximum Gasteiger partial charge on any atom is 0.127 e. The molecule has 0 spiro atoms. The molecule has 1 aromatic rings. The molecule has 0 amide bonds. The summed E-state index contributed by atoms with van der Waals surface area (Å²) in [5, 5.41) is 0. The summed E-state index contributed by atoms with van der Waals surface area (Å²) in [6, 6.07) is 6.24. The normalized spacial score (nSPS) is 11.9. The molecule has 0 saturated heterocycles. The van der Waals surface area contributed by atoms with Gasteiger partial charge in [-0.2, -0.15) is 0 Å². The van der Waals surface area contributed by atoms with Crippen LogP contribution in [0.2, 0.25) is 0 Å². The van der Waals surface area contributed by atoms with Crippen molar-refractivity contribution in [1.29, 1.82) is 0 Å². The molecule has 2 nitrogen and oxygen atoms in total. The Hall–Kier alpha value is -0.640. The highest BCUT2D eigenvalue weighted by atomic mass is 35.5. The van der Waals surface area contributed by atoms with Crippen molar-refractivity contribution in [3.05, 3.63) is 35.6 Å². The fraction of sp³-hybridized carbons (Fsp3) is 0.333. The Morgan fingerprint density at radius 3 is 2.46 bits per heavy atom. The van der Waals surface area contributed by atoms with Crippen LogP contribution in [0, 0.1) is 5.82 Å². The number of hydrogen-bond donors (Lipinski definition) is 2. The minimum absolute atomic E-state index is 0. The van der Waals surface area contributed by atoms with Crippen molar-refractivity contribution in [3.8, 4) is 0 Å². The van der Waals surface area contributed by atoms with Crippen molar-refractivity contribution >= 4 is 12.4 Å². The molecular weight excluding hydrogens is 191 g/mol. The van der Waals surface area contributed by atoms with Gasteiger partial charge in [0.05, 0.1) is 0 Å². The first-order chi connectivity index (χ1) is 5.75. The molecule has 13 heavy (non-hydrogen) atoms. The van der Waals surface area contributed by atoms with E-state index >= 15 is 0 Å². The fourth-order valence-electron chi connectivity index (χ4n) is 1.11. The average Bonchev–Trinajstić information content (AvgIpc) is 2.05. The second-order valence-corrected chi connectivity index (χ2v) is 2.71. The molecule has 4 N–H and O–H groups in total. The van der Waals surface area contributed by atoms with E-state index < -0.39 is 0 Å². The lowest BCUT2D eigenvalue weighted by molar-refractivity contribution is 0.567. The topological polar surface area (TPSA) is 52.0 Å². The zero-order chi connectivity index (χ0) is 8.97. The number of rotatable bonds is 3. The molecule has 0 radical (unpaired) electrons. The van der Waals surface area contributed by atoms with Crippen LogP contribution in [0.15, 0.2) is 24.3 Å². The summed E-state index contributed by atoms with van der Waals surface area (Å²) >= 11 is 0. The van der Waals surface area contributed by atoms with Crippen LogP contribution in [0.1, 0.15) is 18.0 Å². The lowest BCUT2D eigenvalue weighted by atomic mass is 10.0. The van der Waals surface area contributed by atoms with Crippen LogP contribution in [0.4, 0.5) is 4.39 Å². The summed E-state index contributed by atoms with van der Waals surface area (Å²) in [5.74, 6) is -0.251. The summed E-state index contributed by atoms with van der Waals surface area (Å²) in [4.78, 5) is 0. The Morgan fingerprint density at radius 1 is 1.31 bits per heavy atom. The molecule has 1 rings (SSSR count). The molecule has 0 bridgehead atoms. The van der Waals surface area contributed by atoms with Gasteiger partial charge in [-0.15, -0.1) is 12.4 Å². The third-order valence-electron chi connectivity index (χ3n) is 1.78. The second-order valence-electron chi connectivity index (χ2n) is 2.71. The molecule has 0 saturated carbocycles. The summed E-state index contributed by atoms with van der Waals surface area (Å²) in [6.07, 6.45) is 0.612. The molecule has 0 unspecified atom stereocenters. The Labute approximate surface area is 83.5 Å². The Bertz CT molecular complexity index is 255. The fourth-order valence-corrected chi connectivity index (χ4v) is 1.11. The van der Waals surface area contributed by atoms with Crippen molar-refractivity contribution in [2.45, 2.75) is 12.5 Å². The lowest BCUT2D eigenvalue weighted by Gasteiger charge is -2.10. The molecule has 0 aromatic heterocycles. The van der Waals surface area contributed by atoms with Gasteiger partial charge in [0.1, 0.15) is 5.82 Å². The highest BCUT2D eigenvalue weighted by Gasteiger charge is 2.08. The van der Waals surface area contributed by atoms with Crippen molar-refractivity contribution in [3.63, 3.8) is 0 Å². The third kappa shape index (κ3) is 3.30. The molecule has 0 aliphatic heterocycles. The molecule has 0 fully saturated rings. The monoisotopic (exact) mass is 204 g/mol. The van der Waals surface area contributed by atoms with Gasteiger partial charge in [-0.1, -0.05) is 18.2 Å². The van der Waals surface area contributed by atoms with E-state index in [-0.39, 0.29) is 24.3 Å². The Kier molecular flexibility index (Phi) is 5.62. The minimum Gasteiger partial charge on any atom is -0.330 e. The van der Waals surface area contributed by atoms with Gasteiger partial charge >= 0.3 is 0 Å². The molecule has 4 heteroatoms. The predicted octanol–water partition coefficient (Wildman–Crippen LogP) is 1.60. The highest BCUT2D eigenvalue weighted by Crippen LogP contribution is 2.16. The Morgan fingerprint density at radius 2 is 1.92 bits per heavy atom. The highest BCUT2D eigenvalue weighted by molar-refractivity contribution is 5.85. The summed E-state index contributed by atoms with van der Waals surface area (Å²) in [7, 11) is 0. The van der Waals surface area contributed by atoms with Crippen LogP contribution in [0.25, 0.3) is 0 Å². The largest absolute Gasteiger partial charge is 0.330 e. The van der Waals surface area contributed by atoms with Gasteiger partial charge in [0.2, 0.25) is 0 Å². The molecule has 0 aliphatic rings. The predicted molar refractivity (Wildman–Crippen MR) is 54.2 cm³/mol. The summed E-state index contributed by atoms with van der Waals surface area (Å²) in [6.45, 7) is 0.482. The minimum atomic E-state index is -0.281. The van der Waals surface area contributed by atoms with Crippen LogP contribution < -0.4 is 11.5 Å². The van der Waals surface area contributed by atoms with E-state index in [1.54, 1.807) is 18.2 Å². The van der Waals surface area contributed by atoms with E-state index in [1.165, 1.54) is 6.07 Å². The molecule has 0 aliphatic carbocycles. The lowest BCUT2D eigenvalue weighted by Crippen LogP contribution is -2.16. The zero-order valence-electron chi connectivity index (χ0n) is 7.24. The SMILES string of the molecule is Cl.NCC[C@@H](N)c1ccccc1F. The second kappa shape index (κ2) is 5.91. The van der Waals surface area contributed by atoms with E-state index in [0.29, 0.717) is 18.5 Å². The molecular formula is C9H14ClFN2. The maximum absolute atomic E-state index is 13.0. The standard InChI is InChI=1S/C9H13FN2.ClH/c10-8-4-2-1-3-7(8)9(12)5-6-11;/h1-4,9H,5-6,11-12H2;1H/t9-;/m1./s1. The van der Waals surface area contributed by atoms with Crippen LogP contribution in [-0.2, 0) is 0 Å². The van der Waals surface area contributed by atoms with E-state index in [1.807, 2.05) is 0 Å². The molecule has 1 aromatic carbocycles. The van der Waals surface area contributed by atoms with Gasteiger partial charge in [-0.3, -0.25) is 0 Å². The zero-order valence-corrected chi connectivity index (χ0v) is 8.06. The number of hydrogen-bond acceptors (Lipinski definition) is 2. The van der Waals surface area contributed by atoms with Gasteiger partial charge in [0.15, 0.2) is 0 Å². The molecule has 1 atom stereocenters. The van der Waals surface area contributed by atoms with Crippen LogP contribution in [0.3, 0.4) is 0 Å². The van der Waals surface area contributed by atoms with E-state index in [2.05, 4.69) is 0 Å². The smallest absolute Gasteiger partial charge is 0.127 e. The van der Waals surface area contributed by atoms with Gasteiger partial charge in [0.25, 0.3) is 0 Å². The van der Waals surface area contributed by atoms with Gasteiger partial charge in [0, 0.05) is 11.6 Å². The Balaban J connectivity index is 0.00000144. The maximum atomic E-state index is 13.0.